The lowest BCUT2D eigenvalue weighted by molar-refractivity contribution is 0.0947. The number of carbonyl (C=O) groups excluding carboxylic acids is 1. The van der Waals surface area contributed by atoms with E-state index in [1.807, 2.05) is 20.8 Å². The molecule has 0 aliphatic heterocycles. The Labute approximate surface area is 117 Å². The number of nitrogens with zero attached hydrogens (tertiary/aromatic N) is 2. The summed E-state index contributed by atoms with van der Waals surface area (Å²) in [5, 5.41) is 5.87. The minimum Gasteiger partial charge on any atom is -0.444 e. The predicted octanol–water partition coefficient (Wildman–Crippen LogP) is 2.05. The first-order chi connectivity index (χ1) is 9.58. The maximum absolute atomic E-state index is 12.1. The molecule has 106 valence electrons. The minimum atomic E-state index is -0.175. The zero-order chi connectivity index (χ0) is 14.5. The number of amides is 1. The van der Waals surface area contributed by atoms with Crippen LogP contribution in [0, 0.1) is 13.8 Å². The highest BCUT2D eigenvalue weighted by molar-refractivity contribution is 5.94. The van der Waals surface area contributed by atoms with Crippen LogP contribution in [0.1, 0.15) is 34.6 Å². The van der Waals surface area contributed by atoms with Gasteiger partial charge in [-0.05, 0) is 32.9 Å². The molecule has 2 heterocycles. The standard InChI is InChI=1S/C14H18N4O2/c1-4-15-12-6-11(5-9(2)18-12)14(19)17-8-13-16-7-10(3)20-13/h5-7H,4,8H2,1-3H3,(H,15,18)(H,17,19). The third-order valence-corrected chi connectivity index (χ3v) is 2.64. The number of aryl methyl sites for hydroxylation is 2. The van der Waals surface area contributed by atoms with Crippen molar-refractivity contribution in [3.8, 4) is 0 Å². The molecule has 1 amide bonds. The maximum atomic E-state index is 12.1. The fourth-order valence-corrected chi connectivity index (χ4v) is 1.81. The number of hydrogen-bond acceptors (Lipinski definition) is 5. The molecule has 2 aromatic heterocycles. The van der Waals surface area contributed by atoms with Crippen molar-refractivity contribution in [2.45, 2.75) is 27.3 Å². The predicted molar refractivity (Wildman–Crippen MR) is 75.5 cm³/mol. The van der Waals surface area contributed by atoms with E-state index < -0.39 is 0 Å². The number of nitrogens with one attached hydrogen (secondary N) is 2. The van der Waals surface area contributed by atoms with Gasteiger partial charge in [-0.15, -0.1) is 0 Å². The first kappa shape index (κ1) is 14.0. The van der Waals surface area contributed by atoms with Gasteiger partial charge in [0.15, 0.2) is 0 Å². The van der Waals surface area contributed by atoms with Crippen molar-refractivity contribution in [3.63, 3.8) is 0 Å². The molecule has 0 saturated heterocycles. The Morgan fingerprint density at radius 3 is 2.80 bits per heavy atom. The summed E-state index contributed by atoms with van der Waals surface area (Å²) in [5.41, 5.74) is 1.36. The van der Waals surface area contributed by atoms with Crippen LogP contribution >= 0.6 is 0 Å². The van der Waals surface area contributed by atoms with Crippen molar-refractivity contribution in [1.82, 2.24) is 15.3 Å². The Morgan fingerprint density at radius 1 is 1.35 bits per heavy atom. The second-order valence-corrected chi connectivity index (χ2v) is 4.46. The second-order valence-electron chi connectivity index (χ2n) is 4.46. The van der Waals surface area contributed by atoms with E-state index in [1.54, 1.807) is 18.3 Å². The third-order valence-electron chi connectivity index (χ3n) is 2.64. The highest BCUT2D eigenvalue weighted by Crippen LogP contribution is 2.10. The first-order valence-electron chi connectivity index (χ1n) is 6.50. The Kier molecular flexibility index (Phi) is 4.34. The number of hydrogen-bond donors (Lipinski definition) is 2. The van der Waals surface area contributed by atoms with E-state index in [2.05, 4.69) is 20.6 Å². The Balaban J connectivity index is 2.04. The van der Waals surface area contributed by atoms with Gasteiger partial charge in [0, 0.05) is 17.8 Å². The third kappa shape index (κ3) is 3.57. The summed E-state index contributed by atoms with van der Waals surface area (Å²) in [6, 6.07) is 3.48. The minimum absolute atomic E-state index is 0.175. The lowest BCUT2D eigenvalue weighted by Gasteiger charge is -2.07. The molecule has 0 bridgehead atoms. The number of pyridine rings is 1. The molecule has 0 spiro atoms. The quantitative estimate of drug-likeness (QED) is 0.872. The van der Waals surface area contributed by atoms with Crippen molar-refractivity contribution >= 4 is 11.7 Å². The summed E-state index contributed by atoms with van der Waals surface area (Å²) in [5.74, 6) is 1.74. The molecule has 0 fully saturated rings. The molecular formula is C14H18N4O2. The first-order valence-corrected chi connectivity index (χ1v) is 6.50. The number of aromatic nitrogens is 2. The van der Waals surface area contributed by atoms with Gasteiger partial charge < -0.3 is 15.1 Å². The largest absolute Gasteiger partial charge is 0.444 e. The summed E-state index contributed by atoms with van der Waals surface area (Å²) >= 11 is 0. The highest BCUT2D eigenvalue weighted by Gasteiger charge is 2.09. The van der Waals surface area contributed by atoms with Crippen LogP contribution in [0.4, 0.5) is 5.82 Å². The van der Waals surface area contributed by atoms with Crippen molar-refractivity contribution in [1.29, 1.82) is 0 Å². The van der Waals surface area contributed by atoms with Gasteiger partial charge in [-0.25, -0.2) is 9.97 Å². The Hall–Kier alpha value is -2.37. The Bertz CT molecular complexity index is 607. The number of rotatable bonds is 5. The molecule has 2 rings (SSSR count). The number of oxazole rings is 1. The monoisotopic (exact) mass is 274 g/mol. The van der Waals surface area contributed by atoms with Crippen LogP contribution < -0.4 is 10.6 Å². The van der Waals surface area contributed by atoms with Gasteiger partial charge in [0.1, 0.15) is 11.6 Å². The lowest BCUT2D eigenvalue weighted by Crippen LogP contribution is -2.23. The smallest absolute Gasteiger partial charge is 0.251 e. The SMILES string of the molecule is CCNc1cc(C(=O)NCc2ncc(C)o2)cc(C)n1. The van der Waals surface area contributed by atoms with E-state index in [-0.39, 0.29) is 12.5 Å². The molecule has 2 N–H and O–H groups in total. The summed E-state index contributed by atoms with van der Waals surface area (Å²) in [7, 11) is 0. The van der Waals surface area contributed by atoms with Crippen molar-refractivity contribution < 1.29 is 9.21 Å². The molecule has 0 aliphatic rings. The second kappa shape index (κ2) is 6.18. The van der Waals surface area contributed by atoms with Crippen LogP contribution in [0.15, 0.2) is 22.7 Å². The zero-order valence-electron chi connectivity index (χ0n) is 11.9. The zero-order valence-corrected chi connectivity index (χ0v) is 11.9. The summed E-state index contributed by atoms with van der Waals surface area (Å²) < 4.78 is 5.31. The topological polar surface area (TPSA) is 80.0 Å². The maximum Gasteiger partial charge on any atom is 0.251 e. The van der Waals surface area contributed by atoms with E-state index in [4.69, 9.17) is 4.42 Å². The number of anilines is 1. The Morgan fingerprint density at radius 2 is 2.15 bits per heavy atom. The van der Waals surface area contributed by atoms with Crippen LogP contribution in [0.25, 0.3) is 0 Å². The molecule has 0 aromatic carbocycles. The molecule has 6 nitrogen and oxygen atoms in total. The molecule has 0 aliphatic carbocycles. The van der Waals surface area contributed by atoms with E-state index in [1.165, 1.54) is 0 Å². The van der Waals surface area contributed by atoms with Crippen LogP contribution in [0.2, 0.25) is 0 Å². The summed E-state index contributed by atoms with van der Waals surface area (Å²) in [6.07, 6.45) is 1.63. The summed E-state index contributed by atoms with van der Waals surface area (Å²) in [4.78, 5) is 20.4. The van der Waals surface area contributed by atoms with Gasteiger partial charge in [0.05, 0.1) is 12.7 Å². The van der Waals surface area contributed by atoms with Crippen LogP contribution in [0.3, 0.4) is 0 Å². The molecule has 0 saturated carbocycles. The van der Waals surface area contributed by atoms with Crippen molar-refractivity contribution in [3.05, 3.63) is 41.2 Å². The van der Waals surface area contributed by atoms with E-state index in [9.17, 15) is 4.79 Å². The highest BCUT2D eigenvalue weighted by atomic mass is 16.4. The van der Waals surface area contributed by atoms with Crippen LogP contribution in [0.5, 0.6) is 0 Å². The van der Waals surface area contributed by atoms with Crippen LogP contribution in [-0.2, 0) is 6.54 Å². The normalized spacial score (nSPS) is 10.3. The van der Waals surface area contributed by atoms with Gasteiger partial charge in [-0.3, -0.25) is 4.79 Å². The van der Waals surface area contributed by atoms with Gasteiger partial charge in [0.2, 0.25) is 5.89 Å². The molecule has 6 heteroatoms. The van der Waals surface area contributed by atoms with E-state index >= 15 is 0 Å². The molecule has 2 aromatic rings. The fourth-order valence-electron chi connectivity index (χ4n) is 1.81. The molecule has 20 heavy (non-hydrogen) atoms. The van der Waals surface area contributed by atoms with Gasteiger partial charge in [-0.2, -0.15) is 0 Å². The molecule has 0 radical (unpaired) electrons. The molecule has 0 unspecified atom stereocenters. The van der Waals surface area contributed by atoms with Crippen LogP contribution in [-0.4, -0.2) is 22.4 Å². The van der Waals surface area contributed by atoms with Gasteiger partial charge >= 0.3 is 0 Å². The van der Waals surface area contributed by atoms with E-state index in [0.717, 1.165) is 18.0 Å². The summed E-state index contributed by atoms with van der Waals surface area (Å²) in [6.45, 7) is 6.68. The van der Waals surface area contributed by atoms with E-state index in [0.29, 0.717) is 17.3 Å². The molecular weight excluding hydrogens is 256 g/mol. The fraction of sp³-hybridized carbons (Fsp3) is 0.357. The van der Waals surface area contributed by atoms with Gasteiger partial charge in [0.25, 0.3) is 5.91 Å². The molecule has 0 atom stereocenters. The lowest BCUT2D eigenvalue weighted by atomic mass is 10.2. The van der Waals surface area contributed by atoms with Crippen molar-refractivity contribution in [2.75, 3.05) is 11.9 Å². The van der Waals surface area contributed by atoms with Crippen molar-refractivity contribution in [2.24, 2.45) is 0 Å². The average Bonchev–Trinajstić information content (AvgIpc) is 2.81. The van der Waals surface area contributed by atoms with Gasteiger partial charge in [-0.1, -0.05) is 0 Å². The average molecular weight is 274 g/mol. The number of carbonyl (C=O) groups is 1.